The zero-order valence-corrected chi connectivity index (χ0v) is 12.4. The SMILES string of the molecule is C=CCSc1nc(-c2ccccc2)nc(C)c1C(C)=O. The molecule has 102 valence electrons. The number of thioether (sulfide) groups is 1. The van der Waals surface area contributed by atoms with Crippen LogP contribution in [0.2, 0.25) is 0 Å². The van der Waals surface area contributed by atoms with Gasteiger partial charge in [-0.1, -0.05) is 36.4 Å². The molecule has 20 heavy (non-hydrogen) atoms. The van der Waals surface area contributed by atoms with Crippen LogP contribution in [0, 0.1) is 6.92 Å². The van der Waals surface area contributed by atoms with Crippen molar-refractivity contribution in [3.8, 4) is 11.4 Å². The van der Waals surface area contributed by atoms with E-state index < -0.39 is 0 Å². The molecule has 1 aromatic heterocycles. The first kappa shape index (κ1) is 14.5. The van der Waals surface area contributed by atoms with Gasteiger partial charge in [-0.3, -0.25) is 4.79 Å². The van der Waals surface area contributed by atoms with Crippen molar-refractivity contribution in [1.82, 2.24) is 9.97 Å². The summed E-state index contributed by atoms with van der Waals surface area (Å²) in [7, 11) is 0. The lowest BCUT2D eigenvalue weighted by molar-refractivity contribution is 0.101. The summed E-state index contributed by atoms with van der Waals surface area (Å²) in [4.78, 5) is 20.8. The molecular weight excluding hydrogens is 268 g/mol. The Hall–Kier alpha value is -1.94. The van der Waals surface area contributed by atoms with Crippen molar-refractivity contribution >= 4 is 17.5 Å². The molecule has 1 heterocycles. The highest BCUT2D eigenvalue weighted by Gasteiger charge is 2.16. The number of aromatic nitrogens is 2. The molecule has 0 amide bonds. The summed E-state index contributed by atoms with van der Waals surface area (Å²) in [6.07, 6.45) is 1.80. The summed E-state index contributed by atoms with van der Waals surface area (Å²) < 4.78 is 0. The number of nitrogens with zero attached hydrogens (tertiary/aromatic N) is 2. The van der Waals surface area contributed by atoms with Crippen LogP contribution in [0.1, 0.15) is 23.0 Å². The predicted molar refractivity (Wildman–Crippen MR) is 83.1 cm³/mol. The summed E-state index contributed by atoms with van der Waals surface area (Å²) in [5.74, 6) is 1.36. The van der Waals surface area contributed by atoms with Gasteiger partial charge in [-0.15, -0.1) is 18.3 Å². The van der Waals surface area contributed by atoms with E-state index in [1.165, 1.54) is 11.8 Å². The van der Waals surface area contributed by atoms with Gasteiger partial charge in [0.2, 0.25) is 0 Å². The summed E-state index contributed by atoms with van der Waals surface area (Å²) >= 11 is 1.51. The first-order valence-electron chi connectivity index (χ1n) is 6.32. The molecule has 0 aliphatic carbocycles. The molecule has 3 nitrogen and oxygen atoms in total. The van der Waals surface area contributed by atoms with E-state index in [-0.39, 0.29) is 5.78 Å². The number of hydrogen-bond donors (Lipinski definition) is 0. The average molecular weight is 284 g/mol. The van der Waals surface area contributed by atoms with Crippen LogP contribution in [0.5, 0.6) is 0 Å². The third-order valence-electron chi connectivity index (χ3n) is 2.78. The van der Waals surface area contributed by atoms with Crippen molar-refractivity contribution in [2.45, 2.75) is 18.9 Å². The van der Waals surface area contributed by atoms with Crippen molar-refractivity contribution < 1.29 is 4.79 Å². The summed E-state index contributed by atoms with van der Waals surface area (Å²) in [6, 6.07) is 9.77. The minimum absolute atomic E-state index is 0.00586. The van der Waals surface area contributed by atoms with Crippen molar-refractivity contribution in [2.24, 2.45) is 0 Å². The molecular formula is C16H16N2OS. The minimum Gasteiger partial charge on any atom is -0.294 e. The molecule has 0 fully saturated rings. The maximum absolute atomic E-state index is 11.8. The van der Waals surface area contributed by atoms with E-state index in [4.69, 9.17) is 0 Å². The zero-order chi connectivity index (χ0) is 14.5. The molecule has 0 aliphatic rings. The average Bonchev–Trinajstić information content (AvgIpc) is 2.45. The Morgan fingerprint density at radius 3 is 2.60 bits per heavy atom. The second kappa shape index (κ2) is 6.48. The van der Waals surface area contributed by atoms with Crippen LogP contribution in [0.3, 0.4) is 0 Å². The number of carbonyl (C=O) groups excluding carboxylic acids is 1. The second-order valence-corrected chi connectivity index (χ2v) is 5.34. The van der Waals surface area contributed by atoms with Crippen molar-refractivity contribution in [2.75, 3.05) is 5.75 Å². The van der Waals surface area contributed by atoms with Gasteiger partial charge in [0.05, 0.1) is 11.3 Å². The normalized spacial score (nSPS) is 10.3. The summed E-state index contributed by atoms with van der Waals surface area (Å²) in [5, 5.41) is 0.726. The molecule has 1 aromatic carbocycles. The highest BCUT2D eigenvalue weighted by Crippen LogP contribution is 2.26. The van der Waals surface area contributed by atoms with E-state index in [0.717, 1.165) is 16.3 Å². The maximum Gasteiger partial charge on any atom is 0.164 e. The standard InChI is InChI=1S/C16H16N2OS/c1-4-10-20-16-14(12(3)19)11(2)17-15(18-16)13-8-6-5-7-9-13/h4-9H,1,10H2,2-3H3. The largest absolute Gasteiger partial charge is 0.294 e. The Morgan fingerprint density at radius 1 is 1.30 bits per heavy atom. The first-order valence-corrected chi connectivity index (χ1v) is 7.30. The fourth-order valence-corrected chi connectivity index (χ4v) is 2.77. The molecule has 0 N–H and O–H groups in total. The van der Waals surface area contributed by atoms with Crippen molar-refractivity contribution in [3.05, 3.63) is 54.2 Å². The highest BCUT2D eigenvalue weighted by molar-refractivity contribution is 7.99. The molecule has 4 heteroatoms. The van der Waals surface area contributed by atoms with Gasteiger partial charge in [0.15, 0.2) is 11.6 Å². The van der Waals surface area contributed by atoms with Crippen LogP contribution in [0.15, 0.2) is 48.0 Å². The van der Waals surface area contributed by atoms with Gasteiger partial charge in [0.25, 0.3) is 0 Å². The molecule has 0 atom stereocenters. The lowest BCUT2D eigenvalue weighted by Gasteiger charge is -2.10. The van der Waals surface area contributed by atoms with Crippen molar-refractivity contribution in [3.63, 3.8) is 0 Å². The smallest absolute Gasteiger partial charge is 0.164 e. The van der Waals surface area contributed by atoms with Gasteiger partial charge in [0.1, 0.15) is 5.03 Å². The third kappa shape index (κ3) is 3.14. The first-order chi connectivity index (χ1) is 9.63. The number of ketones is 1. The summed E-state index contributed by atoms with van der Waals surface area (Å²) in [6.45, 7) is 7.10. The molecule has 0 unspecified atom stereocenters. The lowest BCUT2D eigenvalue weighted by Crippen LogP contribution is -2.06. The van der Waals surface area contributed by atoms with Crippen LogP contribution in [0.4, 0.5) is 0 Å². The Morgan fingerprint density at radius 2 is 2.00 bits per heavy atom. The molecule has 0 aliphatic heterocycles. The highest BCUT2D eigenvalue weighted by atomic mass is 32.2. The molecule has 0 radical (unpaired) electrons. The molecule has 0 saturated heterocycles. The maximum atomic E-state index is 11.8. The second-order valence-electron chi connectivity index (χ2n) is 4.33. The third-order valence-corrected chi connectivity index (χ3v) is 3.75. The number of benzene rings is 1. The number of aryl methyl sites for hydroxylation is 1. The predicted octanol–water partition coefficient (Wildman–Crippen LogP) is 3.93. The minimum atomic E-state index is -0.00586. The lowest BCUT2D eigenvalue weighted by atomic mass is 10.1. The van der Waals surface area contributed by atoms with Crippen LogP contribution in [-0.4, -0.2) is 21.5 Å². The molecule has 2 aromatic rings. The monoisotopic (exact) mass is 284 g/mol. The van der Waals surface area contributed by atoms with Crippen LogP contribution in [0.25, 0.3) is 11.4 Å². The number of Topliss-reactive ketones (excluding diaryl/α,β-unsaturated/α-hetero) is 1. The quantitative estimate of drug-likeness (QED) is 0.361. The molecule has 0 bridgehead atoms. The molecule has 0 saturated carbocycles. The van der Waals surface area contributed by atoms with Gasteiger partial charge in [-0.05, 0) is 13.8 Å². The van der Waals surface area contributed by atoms with E-state index in [1.54, 1.807) is 13.0 Å². The van der Waals surface area contributed by atoms with Crippen molar-refractivity contribution in [1.29, 1.82) is 0 Å². The number of rotatable bonds is 5. The van der Waals surface area contributed by atoms with E-state index >= 15 is 0 Å². The topological polar surface area (TPSA) is 42.9 Å². The number of hydrogen-bond acceptors (Lipinski definition) is 4. The number of carbonyl (C=O) groups is 1. The van der Waals surface area contributed by atoms with Gasteiger partial charge >= 0.3 is 0 Å². The fraction of sp³-hybridized carbons (Fsp3) is 0.188. The van der Waals surface area contributed by atoms with E-state index in [2.05, 4.69) is 16.5 Å². The fourth-order valence-electron chi connectivity index (χ4n) is 1.91. The van der Waals surface area contributed by atoms with Gasteiger partial charge in [-0.25, -0.2) is 9.97 Å². The van der Waals surface area contributed by atoms with Crippen LogP contribution < -0.4 is 0 Å². The Labute approximate surface area is 123 Å². The molecule has 2 rings (SSSR count). The Balaban J connectivity index is 2.54. The Kier molecular flexibility index (Phi) is 4.69. The van der Waals surface area contributed by atoms with E-state index in [0.29, 0.717) is 17.1 Å². The van der Waals surface area contributed by atoms with E-state index in [9.17, 15) is 4.79 Å². The van der Waals surface area contributed by atoms with E-state index in [1.807, 2.05) is 37.3 Å². The van der Waals surface area contributed by atoms with Gasteiger partial charge < -0.3 is 0 Å². The van der Waals surface area contributed by atoms with Crippen LogP contribution in [-0.2, 0) is 0 Å². The Bertz CT molecular complexity index is 638. The molecule has 0 spiro atoms. The summed E-state index contributed by atoms with van der Waals surface area (Å²) in [5.41, 5.74) is 2.28. The zero-order valence-electron chi connectivity index (χ0n) is 11.6. The van der Waals surface area contributed by atoms with Gasteiger partial charge in [0, 0.05) is 11.3 Å². The van der Waals surface area contributed by atoms with Gasteiger partial charge in [-0.2, -0.15) is 0 Å². The van der Waals surface area contributed by atoms with Crippen LogP contribution >= 0.6 is 11.8 Å².